The van der Waals surface area contributed by atoms with E-state index in [4.69, 9.17) is 4.98 Å². The largest absolute Gasteiger partial charge is 0.478 e. The number of para-hydroxylation sites is 1. The molecular formula is C20H18N2O3S. The molecule has 2 heterocycles. The maximum atomic E-state index is 12.9. The molecule has 1 saturated heterocycles. The Morgan fingerprint density at radius 3 is 2.73 bits per heavy atom. The minimum atomic E-state index is -1.00. The van der Waals surface area contributed by atoms with Gasteiger partial charge in [-0.3, -0.25) is 4.79 Å². The van der Waals surface area contributed by atoms with Crippen molar-refractivity contribution in [3.63, 3.8) is 0 Å². The third-order valence-electron chi connectivity index (χ3n) is 4.76. The summed E-state index contributed by atoms with van der Waals surface area (Å²) in [7, 11) is 0. The number of rotatable bonds is 4. The number of aromatic carboxylic acids is 1. The second-order valence-corrected chi connectivity index (χ2v) is 7.47. The van der Waals surface area contributed by atoms with Crippen molar-refractivity contribution in [2.45, 2.75) is 25.3 Å². The highest BCUT2D eigenvalue weighted by Crippen LogP contribution is 2.36. The van der Waals surface area contributed by atoms with E-state index in [0.717, 1.165) is 28.1 Å². The van der Waals surface area contributed by atoms with Crippen LogP contribution in [0.5, 0.6) is 0 Å². The summed E-state index contributed by atoms with van der Waals surface area (Å²) in [5.41, 5.74) is 1.71. The lowest BCUT2D eigenvalue weighted by atomic mass is 10.0. The minimum Gasteiger partial charge on any atom is -0.478 e. The number of hydrogen-bond acceptors (Lipinski definition) is 4. The second kappa shape index (κ2) is 6.88. The van der Waals surface area contributed by atoms with Gasteiger partial charge in [-0.15, -0.1) is 11.3 Å². The van der Waals surface area contributed by atoms with E-state index >= 15 is 0 Å². The van der Waals surface area contributed by atoms with Crippen molar-refractivity contribution < 1.29 is 14.7 Å². The predicted octanol–water partition coefficient (Wildman–Crippen LogP) is 3.90. The Kier molecular flexibility index (Phi) is 4.42. The number of hydrogen-bond donors (Lipinski definition) is 1. The Bertz CT molecular complexity index is 949. The lowest BCUT2D eigenvalue weighted by molar-refractivity contribution is -0.131. The maximum Gasteiger partial charge on any atom is 0.335 e. The number of likely N-dealkylation sites (tertiary alicyclic amines) is 1. The number of carbonyl (C=O) groups is 2. The van der Waals surface area contributed by atoms with Crippen molar-refractivity contribution in [1.29, 1.82) is 0 Å². The first-order valence-corrected chi connectivity index (χ1v) is 9.41. The monoisotopic (exact) mass is 366 g/mol. The SMILES string of the molecule is O=C(O)c1ccccc1CC(=O)N1CCCC1c1nc2ccccc2s1. The first-order chi connectivity index (χ1) is 12.6. The van der Waals surface area contributed by atoms with Crippen molar-refractivity contribution in [2.24, 2.45) is 0 Å². The van der Waals surface area contributed by atoms with E-state index in [2.05, 4.69) is 0 Å². The van der Waals surface area contributed by atoms with Crippen LogP contribution < -0.4 is 0 Å². The van der Waals surface area contributed by atoms with Gasteiger partial charge in [0.2, 0.25) is 5.91 Å². The lowest BCUT2D eigenvalue weighted by Gasteiger charge is -2.23. The Balaban J connectivity index is 1.58. The summed E-state index contributed by atoms with van der Waals surface area (Å²) in [5.74, 6) is -1.04. The van der Waals surface area contributed by atoms with Crippen molar-refractivity contribution in [3.8, 4) is 0 Å². The second-order valence-electron chi connectivity index (χ2n) is 6.40. The zero-order chi connectivity index (χ0) is 18.1. The summed E-state index contributed by atoms with van der Waals surface area (Å²) in [6, 6.07) is 14.7. The molecule has 0 spiro atoms. The van der Waals surface area contributed by atoms with Gasteiger partial charge in [0.25, 0.3) is 0 Å². The molecule has 3 aromatic rings. The Labute approximate surface area is 154 Å². The van der Waals surface area contributed by atoms with E-state index < -0.39 is 5.97 Å². The van der Waals surface area contributed by atoms with Gasteiger partial charge >= 0.3 is 5.97 Å². The van der Waals surface area contributed by atoms with Crippen molar-refractivity contribution >= 4 is 33.4 Å². The molecule has 1 aliphatic heterocycles. The van der Waals surface area contributed by atoms with E-state index in [-0.39, 0.29) is 23.9 Å². The number of nitrogens with zero attached hydrogens (tertiary/aromatic N) is 2. The van der Waals surface area contributed by atoms with Gasteiger partial charge in [0.15, 0.2) is 0 Å². The van der Waals surface area contributed by atoms with Gasteiger partial charge in [-0.1, -0.05) is 30.3 Å². The van der Waals surface area contributed by atoms with Crippen LogP contribution in [0.3, 0.4) is 0 Å². The van der Waals surface area contributed by atoms with Crippen LogP contribution in [0.1, 0.15) is 39.8 Å². The number of amides is 1. The molecule has 6 heteroatoms. The number of thiazole rings is 1. The summed E-state index contributed by atoms with van der Waals surface area (Å²) < 4.78 is 1.12. The summed E-state index contributed by atoms with van der Waals surface area (Å²) in [4.78, 5) is 30.8. The molecule has 4 rings (SSSR count). The molecule has 1 atom stereocenters. The number of carboxylic acid groups (broad SMARTS) is 1. The highest BCUT2D eigenvalue weighted by Gasteiger charge is 2.32. The van der Waals surface area contributed by atoms with Crippen molar-refractivity contribution in [1.82, 2.24) is 9.88 Å². The highest BCUT2D eigenvalue weighted by molar-refractivity contribution is 7.18. The molecule has 0 aliphatic carbocycles. The Morgan fingerprint density at radius 2 is 1.92 bits per heavy atom. The number of carboxylic acids is 1. The van der Waals surface area contributed by atoms with Crippen LogP contribution in [-0.4, -0.2) is 33.4 Å². The number of fused-ring (bicyclic) bond motifs is 1. The third-order valence-corrected chi connectivity index (χ3v) is 5.90. The van der Waals surface area contributed by atoms with E-state index in [1.807, 2.05) is 29.2 Å². The van der Waals surface area contributed by atoms with Gasteiger partial charge in [-0.25, -0.2) is 9.78 Å². The average molecular weight is 366 g/mol. The Hall–Kier alpha value is -2.73. The summed E-state index contributed by atoms with van der Waals surface area (Å²) in [6.45, 7) is 0.689. The topological polar surface area (TPSA) is 70.5 Å². The smallest absolute Gasteiger partial charge is 0.335 e. The normalized spacial score (nSPS) is 16.9. The van der Waals surface area contributed by atoms with Crippen molar-refractivity contribution in [3.05, 3.63) is 64.7 Å². The molecule has 5 nitrogen and oxygen atoms in total. The van der Waals surface area contributed by atoms with E-state index in [0.29, 0.717) is 12.1 Å². The minimum absolute atomic E-state index is 0.0168. The molecule has 1 amide bonds. The molecule has 0 radical (unpaired) electrons. The molecule has 1 fully saturated rings. The van der Waals surface area contributed by atoms with Crippen LogP contribution in [0.15, 0.2) is 48.5 Å². The summed E-state index contributed by atoms with van der Waals surface area (Å²) in [6.07, 6.45) is 1.93. The quantitative estimate of drug-likeness (QED) is 0.760. The van der Waals surface area contributed by atoms with E-state index in [9.17, 15) is 14.7 Å². The van der Waals surface area contributed by atoms with Crippen LogP contribution in [-0.2, 0) is 11.2 Å². The summed E-state index contributed by atoms with van der Waals surface area (Å²) in [5, 5.41) is 10.3. The zero-order valence-electron chi connectivity index (χ0n) is 14.1. The van der Waals surface area contributed by atoms with Gasteiger partial charge in [-0.05, 0) is 36.6 Å². The van der Waals surface area contributed by atoms with E-state index in [1.165, 1.54) is 0 Å². The first kappa shape index (κ1) is 16.7. The zero-order valence-corrected chi connectivity index (χ0v) is 14.9. The summed E-state index contributed by atoms with van der Waals surface area (Å²) >= 11 is 1.63. The van der Waals surface area contributed by atoms with Crippen LogP contribution in [0.2, 0.25) is 0 Å². The van der Waals surface area contributed by atoms with E-state index in [1.54, 1.807) is 35.6 Å². The predicted molar refractivity (Wildman–Crippen MR) is 100 cm³/mol. The first-order valence-electron chi connectivity index (χ1n) is 8.59. The molecule has 2 aromatic carbocycles. The highest BCUT2D eigenvalue weighted by atomic mass is 32.1. The number of carbonyl (C=O) groups excluding carboxylic acids is 1. The molecule has 0 saturated carbocycles. The molecule has 1 unspecified atom stereocenters. The molecule has 26 heavy (non-hydrogen) atoms. The molecule has 0 bridgehead atoms. The number of benzene rings is 2. The molecule has 1 aliphatic rings. The van der Waals surface area contributed by atoms with Crippen LogP contribution >= 0.6 is 11.3 Å². The molecule has 132 valence electrons. The van der Waals surface area contributed by atoms with Crippen LogP contribution in [0.4, 0.5) is 0 Å². The maximum absolute atomic E-state index is 12.9. The number of aromatic nitrogens is 1. The van der Waals surface area contributed by atoms with Crippen LogP contribution in [0.25, 0.3) is 10.2 Å². The molecular weight excluding hydrogens is 348 g/mol. The standard InChI is InChI=1S/C20H18N2O3S/c23-18(12-13-6-1-2-7-14(13)20(24)25)22-11-5-9-16(22)19-21-15-8-3-4-10-17(15)26-19/h1-4,6-8,10,16H,5,9,11-12H2,(H,24,25). The average Bonchev–Trinajstić information content (AvgIpc) is 3.28. The van der Waals surface area contributed by atoms with Gasteiger partial charge in [0.05, 0.1) is 28.2 Å². The Morgan fingerprint density at radius 1 is 1.15 bits per heavy atom. The fourth-order valence-corrected chi connectivity index (χ4v) is 4.62. The molecule has 1 aromatic heterocycles. The lowest BCUT2D eigenvalue weighted by Crippen LogP contribution is -2.32. The van der Waals surface area contributed by atoms with Gasteiger partial charge in [-0.2, -0.15) is 0 Å². The van der Waals surface area contributed by atoms with Crippen LogP contribution in [0, 0.1) is 0 Å². The van der Waals surface area contributed by atoms with Gasteiger partial charge in [0.1, 0.15) is 5.01 Å². The third kappa shape index (κ3) is 3.08. The van der Waals surface area contributed by atoms with Gasteiger partial charge < -0.3 is 10.0 Å². The van der Waals surface area contributed by atoms with Crippen molar-refractivity contribution in [2.75, 3.05) is 6.54 Å². The molecule has 1 N–H and O–H groups in total. The fourth-order valence-electron chi connectivity index (χ4n) is 3.50. The fraction of sp³-hybridized carbons (Fsp3) is 0.250. The van der Waals surface area contributed by atoms with Gasteiger partial charge in [0, 0.05) is 6.54 Å².